The lowest BCUT2D eigenvalue weighted by Crippen LogP contribution is -2.65. The highest BCUT2D eigenvalue weighted by atomic mass is 16.7. The molecule has 3 saturated heterocycles. The van der Waals surface area contributed by atoms with Crippen LogP contribution in [-0.4, -0.2) is 99.0 Å². The van der Waals surface area contributed by atoms with Crippen LogP contribution in [0.1, 0.15) is 0 Å². The van der Waals surface area contributed by atoms with Crippen molar-refractivity contribution in [2.75, 3.05) is 13.2 Å². The molecule has 0 aliphatic carbocycles. The van der Waals surface area contributed by atoms with Gasteiger partial charge in [0.15, 0.2) is 6.29 Å². The minimum absolute atomic E-state index is 0.110. The molecule has 2 bridgehead atoms. The minimum atomic E-state index is -1.54. The molecular formula is C12H20O9. The van der Waals surface area contributed by atoms with Crippen LogP contribution < -0.4 is 0 Å². The van der Waals surface area contributed by atoms with Crippen molar-refractivity contribution in [3.05, 3.63) is 0 Å². The zero-order valence-electron chi connectivity index (χ0n) is 11.1. The van der Waals surface area contributed by atoms with Gasteiger partial charge in [-0.05, 0) is 0 Å². The molecule has 0 amide bonds. The average molecular weight is 308 g/mol. The topological polar surface area (TPSA) is 149 Å². The fourth-order valence-electron chi connectivity index (χ4n) is 3.28. The molecular weight excluding hydrogens is 288 g/mol. The molecule has 0 aromatic heterocycles. The molecule has 0 aromatic rings. The van der Waals surface area contributed by atoms with Crippen LogP contribution in [0.15, 0.2) is 0 Å². The number of aliphatic hydroxyl groups is 6. The normalized spacial score (nSPS) is 57.4. The molecule has 3 heterocycles. The van der Waals surface area contributed by atoms with E-state index < -0.39 is 67.6 Å². The molecule has 3 aliphatic heterocycles. The van der Waals surface area contributed by atoms with Crippen LogP contribution in [0.2, 0.25) is 0 Å². The maximum absolute atomic E-state index is 10.2. The molecule has 6 N–H and O–H groups in total. The summed E-state index contributed by atoms with van der Waals surface area (Å²) in [5.41, 5.74) is 0. The van der Waals surface area contributed by atoms with Crippen LogP contribution in [0.5, 0.6) is 0 Å². The molecule has 0 spiro atoms. The van der Waals surface area contributed by atoms with Gasteiger partial charge in [0.1, 0.15) is 30.5 Å². The number of ether oxygens (including phenoxy) is 3. The summed E-state index contributed by atoms with van der Waals surface area (Å²) in [5.74, 6) is -0.857. The highest BCUT2D eigenvalue weighted by Crippen LogP contribution is 2.38. The first-order valence-electron chi connectivity index (χ1n) is 6.89. The Balaban J connectivity index is 1.84. The van der Waals surface area contributed by atoms with Crippen molar-refractivity contribution in [1.82, 2.24) is 0 Å². The smallest absolute Gasteiger partial charge is 0.186 e. The van der Waals surface area contributed by atoms with Gasteiger partial charge in [0.05, 0.1) is 31.5 Å². The van der Waals surface area contributed by atoms with Crippen molar-refractivity contribution < 1.29 is 44.8 Å². The van der Waals surface area contributed by atoms with E-state index in [9.17, 15) is 30.6 Å². The first kappa shape index (κ1) is 15.5. The third-order valence-electron chi connectivity index (χ3n) is 4.49. The highest BCUT2D eigenvalue weighted by Gasteiger charge is 2.57. The molecule has 0 saturated carbocycles. The second-order valence-corrected chi connectivity index (χ2v) is 5.73. The molecule has 9 heteroatoms. The molecule has 3 rings (SSSR count). The maximum atomic E-state index is 10.2. The lowest BCUT2D eigenvalue weighted by atomic mass is 9.79. The van der Waals surface area contributed by atoms with Crippen LogP contribution in [0.4, 0.5) is 0 Å². The lowest BCUT2D eigenvalue weighted by molar-refractivity contribution is -0.282. The molecule has 3 fully saturated rings. The Morgan fingerprint density at radius 2 is 1.52 bits per heavy atom. The van der Waals surface area contributed by atoms with Crippen molar-refractivity contribution in [2.24, 2.45) is 5.92 Å². The van der Waals surface area contributed by atoms with Crippen LogP contribution in [0.25, 0.3) is 0 Å². The molecule has 122 valence electrons. The zero-order chi connectivity index (χ0) is 15.3. The van der Waals surface area contributed by atoms with Crippen LogP contribution in [-0.2, 0) is 14.2 Å². The summed E-state index contributed by atoms with van der Waals surface area (Å²) in [5, 5.41) is 58.9. The predicted molar refractivity (Wildman–Crippen MR) is 63.9 cm³/mol. The van der Waals surface area contributed by atoms with Gasteiger partial charge >= 0.3 is 0 Å². The van der Waals surface area contributed by atoms with Crippen LogP contribution >= 0.6 is 0 Å². The summed E-state index contributed by atoms with van der Waals surface area (Å²) in [4.78, 5) is 0. The van der Waals surface area contributed by atoms with E-state index in [1.807, 2.05) is 0 Å². The number of aliphatic hydroxyl groups excluding tert-OH is 6. The number of fused-ring (bicyclic) bond motifs is 2. The quantitative estimate of drug-likeness (QED) is 0.299. The Hall–Kier alpha value is -0.360. The highest BCUT2D eigenvalue weighted by molar-refractivity contribution is 5.03. The molecule has 10 atom stereocenters. The standard InChI is InChI=1S/C12H20O9/c13-1-3-6(14)8(16)9(17)11(20-3)5-4-2-19-12(21-4)10(18)7(5)15/h3-18H,1-2H2/t3-,4-,5-,6-,7+,8+,9+,10-,11-,12-/m1/s1. The molecule has 0 unspecified atom stereocenters. The van der Waals surface area contributed by atoms with Gasteiger partial charge in [-0.1, -0.05) is 0 Å². The van der Waals surface area contributed by atoms with E-state index in [1.165, 1.54) is 0 Å². The number of hydrogen-bond acceptors (Lipinski definition) is 9. The van der Waals surface area contributed by atoms with Gasteiger partial charge < -0.3 is 44.8 Å². The number of rotatable bonds is 2. The maximum Gasteiger partial charge on any atom is 0.186 e. The Morgan fingerprint density at radius 1 is 0.810 bits per heavy atom. The SMILES string of the molecule is OC[C@H]1O[C@H]([C@H]2[C@H](O)[C@@H](O)[C@@H]3OC[C@H]2O3)[C@@H](O)[C@@H](O)[C@@H]1O. The van der Waals surface area contributed by atoms with E-state index >= 15 is 0 Å². The van der Waals surface area contributed by atoms with Gasteiger partial charge in [-0.2, -0.15) is 0 Å². The summed E-state index contributed by atoms with van der Waals surface area (Å²) in [6.45, 7) is -0.448. The Morgan fingerprint density at radius 3 is 2.19 bits per heavy atom. The molecule has 3 aliphatic rings. The number of hydrogen-bond donors (Lipinski definition) is 6. The Bertz CT molecular complexity index is 378. The van der Waals surface area contributed by atoms with Gasteiger partial charge in [-0.3, -0.25) is 0 Å². The summed E-state index contributed by atoms with van der Waals surface area (Å²) in [6, 6.07) is 0. The third kappa shape index (κ3) is 2.38. The molecule has 0 aromatic carbocycles. The predicted octanol–water partition coefficient (Wildman–Crippen LogP) is -4.08. The average Bonchev–Trinajstić information content (AvgIpc) is 2.91. The van der Waals surface area contributed by atoms with Crippen molar-refractivity contribution in [3.63, 3.8) is 0 Å². The van der Waals surface area contributed by atoms with E-state index in [-0.39, 0.29) is 6.61 Å². The third-order valence-corrected chi connectivity index (χ3v) is 4.49. The van der Waals surface area contributed by atoms with Crippen molar-refractivity contribution in [2.45, 2.75) is 55.1 Å². The van der Waals surface area contributed by atoms with E-state index in [2.05, 4.69) is 0 Å². The Kier molecular flexibility index (Phi) is 4.21. The first-order chi connectivity index (χ1) is 9.95. The summed E-state index contributed by atoms with van der Waals surface area (Å²) in [6.07, 6.45) is -10.8. The largest absolute Gasteiger partial charge is 0.394 e. The minimum Gasteiger partial charge on any atom is -0.394 e. The fraction of sp³-hybridized carbons (Fsp3) is 1.00. The van der Waals surface area contributed by atoms with Gasteiger partial charge in [-0.25, -0.2) is 0 Å². The Labute approximate surface area is 120 Å². The monoisotopic (exact) mass is 308 g/mol. The van der Waals surface area contributed by atoms with Crippen molar-refractivity contribution in [1.29, 1.82) is 0 Å². The van der Waals surface area contributed by atoms with Crippen molar-refractivity contribution in [3.8, 4) is 0 Å². The summed E-state index contributed by atoms with van der Waals surface area (Å²) < 4.78 is 16.0. The van der Waals surface area contributed by atoms with Crippen LogP contribution in [0.3, 0.4) is 0 Å². The van der Waals surface area contributed by atoms with E-state index in [1.54, 1.807) is 0 Å². The van der Waals surface area contributed by atoms with Gasteiger partial charge in [0.2, 0.25) is 0 Å². The second kappa shape index (κ2) is 5.69. The molecule has 0 radical (unpaired) electrons. The van der Waals surface area contributed by atoms with Gasteiger partial charge in [-0.15, -0.1) is 0 Å². The fourth-order valence-corrected chi connectivity index (χ4v) is 3.28. The van der Waals surface area contributed by atoms with E-state index in [4.69, 9.17) is 14.2 Å². The van der Waals surface area contributed by atoms with E-state index in [0.717, 1.165) is 0 Å². The van der Waals surface area contributed by atoms with Crippen LogP contribution in [0, 0.1) is 5.92 Å². The van der Waals surface area contributed by atoms with Crippen molar-refractivity contribution >= 4 is 0 Å². The second-order valence-electron chi connectivity index (χ2n) is 5.73. The van der Waals surface area contributed by atoms with E-state index in [0.29, 0.717) is 0 Å². The summed E-state index contributed by atoms with van der Waals surface area (Å²) in [7, 11) is 0. The summed E-state index contributed by atoms with van der Waals surface area (Å²) >= 11 is 0. The first-order valence-corrected chi connectivity index (χ1v) is 6.89. The van der Waals surface area contributed by atoms with Gasteiger partial charge in [0, 0.05) is 5.92 Å². The van der Waals surface area contributed by atoms with Gasteiger partial charge in [0.25, 0.3) is 0 Å². The molecule has 9 nitrogen and oxygen atoms in total. The molecule has 21 heavy (non-hydrogen) atoms. The zero-order valence-corrected chi connectivity index (χ0v) is 11.1. The lowest BCUT2D eigenvalue weighted by Gasteiger charge is -2.47.